The molecule has 4 nitrogen and oxygen atoms in total. The Balaban J connectivity index is 2.21. The SMILES string of the molecule is CC(CN)c1noc(Cc2c(F)cccc2Cl)n1. The van der Waals surface area contributed by atoms with Gasteiger partial charge in [-0.25, -0.2) is 4.39 Å². The third kappa shape index (κ3) is 2.68. The summed E-state index contributed by atoms with van der Waals surface area (Å²) in [5.41, 5.74) is 5.87. The molecule has 2 N–H and O–H groups in total. The van der Waals surface area contributed by atoms with Crippen molar-refractivity contribution in [1.82, 2.24) is 10.1 Å². The van der Waals surface area contributed by atoms with Crippen LogP contribution >= 0.6 is 11.6 Å². The fourth-order valence-electron chi connectivity index (χ4n) is 1.50. The van der Waals surface area contributed by atoms with Crippen LogP contribution in [0.15, 0.2) is 22.7 Å². The van der Waals surface area contributed by atoms with Crippen molar-refractivity contribution in [1.29, 1.82) is 0 Å². The maximum atomic E-state index is 13.6. The smallest absolute Gasteiger partial charge is 0.231 e. The number of halogens is 2. The standard InChI is InChI=1S/C12H13ClFN3O/c1-7(6-15)12-16-11(18-17-12)5-8-9(13)3-2-4-10(8)14/h2-4,7H,5-6,15H2,1H3. The van der Waals surface area contributed by atoms with E-state index in [-0.39, 0.29) is 18.2 Å². The van der Waals surface area contributed by atoms with Crippen molar-refractivity contribution < 1.29 is 8.91 Å². The maximum Gasteiger partial charge on any atom is 0.231 e. The van der Waals surface area contributed by atoms with Gasteiger partial charge in [0.25, 0.3) is 0 Å². The lowest BCUT2D eigenvalue weighted by Crippen LogP contribution is -2.10. The van der Waals surface area contributed by atoms with Gasteiger partial charge in [0.2, 0.25) is 5.89 Å². The zero-order chi connectivity index (χ0) is 13.1. The molecular formula is C12H13ClFN3O. The second kappa shape index (κ2) is 5.46. The molecule has 0 aliphatic carbocycles. The monoisotopic (exact) mass is 269 g/mol. The van der Waals surface area contributed by atoms with Gasteiger partial charge in [-0.15, -0.1) is 0 Å². The van der Waals surface area contributed by atoms with Crippen molar-refractivity contribution in [2.24, 2.45) is 5.73 Å². The number of hydrogen-bond donors (Lipinski definition) is 1. The quantitative estimate of drug-likeness (QED) is 0.926. The van der Waals surface area contributed by atoms with Gasteiger partial charge in [-0.05, 0) is 12.1 Å². The van der Waals surface area contributed by atoms with Crippen molar-refractivity contribution in [2.75, 3.05) is 6.54 Å². The Labute approximate surface area is 109 Å². The van der Waals surface area contributed by atoms with Gasteiger partial charge in [0, 0.05) is 23.0 Å². The summed E-state index contributed by atoms with van der Waals surface area (Å²) in [6.45, 7) is 2.32. The predicted octanol–water partition coefficient (Wildman–Crippen LogP) is 2.52. The van der Waals surface area contributed by atoms with Gasteiger partial charge in [0.1, 0.15) is 5.82 Å². The highest BCUT2D eigenvalue weighted by atomic mass is 35.5. The highest BCUT2D eigenvalue weighted by Crippen LogP contribution is 2.22. The molecule has 0 amide bonds. The summed E-state index contributed by atoms with van der Waals surface area (Å²) in [6.07, 6.45) is 0.176. The normalized spacial score (nSPS) is 12.7. The molecule has 0 bridgehead atoms. The summed E-state index contributed by atoms with van der Waals surface area (Å²) in [5.74, 6) is 0.491. The summed E-state index contributed by atoms with van der Waals surface area (Å²) in [7, 11) is 0. The Morgan fingerprint density at radius 3 is 2.94 bits per heavy atom. The second-order valence-electron chi connectivity index (χ2n) is 4.06. The van der Waals surface area contributed by atoms with Crippen LogP contribution in [0.25, 0.3) is 0 Å². The van der Waals surface area contributed by atoms with Crippen LogP contribution in [-0.4, -0.2) is 16.7 Å². The van der Waals surface area contributed by atoms with Crippen LogP contribution < -0.4 is 5.73 Å². The first kappa shape index (κ1) is 13.0. The van der Waals surface area contributed by atoms with E-state index in [1.807, 2.05) is 6.92 Å². The fourth-order valence-corrected chi connectivity index (χ4v) is 1.73. The van der Waals surface area contributed by atoms with E-state index in [1.165, 1.54) is 6.07 Å². The number of benzene rings is 1. The van der Waals surface area contributed by atoms with Crippen LogP contribution in [0.2, 0.25) is 5.02 Å². The summed E-state index contributed by atoms with van der Waals surface area (Å²) in [5, 5.41) is 4.16. The number of hydrogen-bond acceptors (Lipinski definition) is 4. The Bertz CT molecular complexity index is 524. The van der Waals surface area contributed by atoms with Gasteiger partial charge in [-0.1, -0.05) is 29.7 Å². The lowest BCUT2D eigenvalue weighted by Gasteiger charge is -2.02. The molecule has 0 saturated heterocycles. The first-order chi connectivity index (χ1) is 8.61. The predicted molar refractivity (Wildman–Crippen MR) is 66.0 cm³/mol. The van der Waals surface area contributed by atoms with E-state index in [0.29, 0.717) is 28.8 Å². The van der Waals surface area contributed by atoms with E-state index in [9.17, 15) is 4.39 Å². The third-order valence-corrected chi connectivity index (χ3v) is 3.02. The molecule has 2 rings (SSSR count). The maximum absolute atomic E-state index is 13.6. The van der Waals surface area contributed by atoms with Crippen LogP contribution in [0.4, 0.5) is 4.39 Å². The molecule has 1 heterocycles. The third-order valence-electron chi connectivity index (χ3n) is 2.67. The van der Waals surface area contributed by atoms with Gasteiger partial charge < -0.3 is 10.3 Å². The molecule has 6 heteroatoms. The minimum absolute atomic E-state index is 0.0126. The number of nitrogens with two attached hydrogens (primary N) is 1. The van der Waals surface area contributed by atoms with Crippen LogP contribution in [0.5, 0.6) is 0 Å². The summed E-state index contributed by atoms with van der Waals surface area (Å²) in [6, 6.07) is 4.53. The van der Waals surface area contributed by atoms with Gasteiger partial charge in [-0.3, -0.25) is 0 Å². The lowest BCUT2D eigenvalue weighted by molar-refractivity contribution is 0.375. The molecule has 0 aliphatic rings. The molecular weight excluding hydrogens is 257 g/mol. The Morgan fingerprint density at radius 1 is 1.50 bits per heavy atom. The minimum atomic E-state index is -0.380. The molecule has 18 heavy (non-hydrogen) atoms. The van der Waals surface area contributed by atoms with Gasteiger partial charge >= 0.3 is 0 Å². The number of nitrogens with zero attached hydrogens (tertiary/aromatic N) is 2. The topological polar surface area (TPSA) is 64.9 Å². The van der Waals surface area contributed by atoms with Gasteiger partial charge in [-0.2, -0.15) is 4.98 Å². The van der Waals surface area contributed by atoms with E-state index < -0.39 is 0 Å². The number of rotatable bonds is 4. The zero-order valence-corrected chi connectivity index (χ0v) is 10.6. The summed E-state index contributed by atoms with van der Waals surface area (Å²) >= 11 is 5.93. The molecule has 0 radical (unpaired) electrons. The van der Waals surface area contributed by atoms with Crippen molar-refractivity contribution in [3.05, 3.63) is 46.3 Å². The van der Waals surface area contributed by atoms with Crippen molar-refractivity contribution in [3.63, 3.8) is 0 Å². The second-order valence-corrected chi connectivity index (χ2v) is 4.47. The molecule has 0 aliphatic heterocycles. The van der Waals surface area contributed by atoms with Crippen molar-refractivity contribution in [2.45, 2.75) is 19.3 Å². The molecule has 0 spiro atoms. The summed E-state index contributed by atoms with van der Waals surface area (Å²) in [4.78, 5) is 4.18. The first-order valence-electron chi connectivity index (χ1n) is 5.57. The Kier molecular flexibility index (Phi) is 3.93. The van der Waals surface area contributed by atoms with E-state index >= 15 is 0 Å². The molecule has 96 valence electrons. The zero-order valence-electron chi connectivity index (χ0n) is 9.86. The van der Waals surface area contributed by atoms with Crippen LogP contribution in [-0.2, 0) is 6.42 Å². The van der Waals surface area contributed by atoms with Crippen LogP contribution in [0.3, 0.4) is 0 Å². The highest BCUT2D eigenvalue weighted by Gasteiger charge is 2.15. The molecule has 0 saturated carbocycles. The molecule has 1 atom stereocenters. The van der Waals surface area contributed by atoms with E-state index in [0.717, 1.165) is 0 Å². The molecule has 0 fully saturated rings. The summed E-state index contributed by atoms with van der Waals surface area (Å²) < 4.78 is 18.6. The van der Waals surface area contributed by atoms with Crippen LogP contribution in [0.1, 0.15) is 30.1 Å². The molecule has 1 unspecified atom stereocenters. The van der Waals surface area contributed by atoms with Gasteiger partial charge in [0.05, 0.1) is 6.42 Å². The highest BCUT2D eigenvalue weighted by molar-refractivity contribution is 6.31. The first-order valence-corrected chi connectivity index (χ1v) is 5.95. The van der Waals surface area contributed by atoms with E-state index in [1.54, 1.807) is 12.1 Å². The number of aromatic nitrogens is 2. The minimum Gasteiger partial charge on any atom is -0.339 e. The van der Waals surface area contributed by atoms with E-state index in [2.05, 4.69) is 10.1 Å². The Hall–Kier alpha value is -1.46. The van der Waals surface area contributed by atoms with Crippen LogP contribution in [0, 0.1) is 5.82 Å². The molecule has 2 aromatic rings. The lowest BCUT2D eigenvalue weighted by atomic mass is 10.1. The van der Waals surface area contributed by atoms with Gasteiger partial charge in [0.15, 0.2) is 5.82 Å². The Morgan fingerprint density at radius 2 is 2.28 bits per heavy atom. The van der Waals surface area contributed by atoms with Crippen molar-refractivity contribution in [3.8, 4) is 0 Å². The average Bonchev–Trinajstić information content (AvgIpc) is 2.81. The van der Waals surface area contributed by atoms with E-state index in [4.69, 9.17) is 21.9 Å². The molecule has 1 aromatic carbocycles. The fraction of sp³-hybridized carbons (Fsp3) is 0.333. The molecule has 1 aromatic heterocycles. The average molecular weight is 270 g/mol. The van der Waals surface area contributed by atoms with Crippen molar-refractivity contribution >= 4 is 11.6 Å². The largest absolute Gasteiger partial charge is 0.339 e.